The predicted octanol–water partition coefficient (Wildman–Crippen LogP) is -0.567. The first-order valence-electron chi connectivity index (χ1n) is 4.96. The molecule has 2 rings (SSSR count). The Hall–Kier alpha value is -2.44. The number of nitrogens with one attached hydrogen (secondary N) is 2. The normalized spacial score (nSPS) is 10.2. The van der Waals surface area contributed by atoms with E-state index in [-0.39, 0.29) is 17.2 Å². The molecule has 0 saturated heterocycles. The number of aryl methyl sites for hydroxylation is 1. The largest absolute Gasteiger partial charge is 0.346 e. The Kier molecular flexibility index (Phi) is 2.99. The van der Waals surface area contributed by atoms with Gasteiger partial charge in [-0.25, -0.2) is 5.10 Å². The highest BCUT2D eigenvalue weighted by atomic mass is 16.2. The summed E-state index contributed by atoms with van der Waals surface area (Å²) in [5, 5.41) is 12.5. The maximum Gasteiger partial charge on any atom is 0.271 e. The summed E-state index contributed by atoms with van der Waals surface area (Å²) in [5.74, 6) is -0.342. The van der Waals surface area contributed by atoms with E-state index < -0.39 is 0 Å². The van der Waals surface area contributed by atoms with Crippen LogP contribution in [0.25, 0.3) is 0 Å². The molecule has 17 heavy (non-hydrogen) atoms. The fourth-order valence-corrected chi connectivity index (χ4v) is 1.31. The lowest BCUT2D eigenvalue weighted by molar-refractivity contribution is 0.0945. The average molecular weight is 233 g/mol. The van der Waals surface area contributed by atoms with Gasteiger partial charge in [-0.05, 0) is 6.07 Å². The molecule has 2 aromatic heterocycles. The Labute approximate surface area is 96.5 Å². The minimum absolute atomic E-state index is 0.175. The quantitative estimate of drug-likeness (QED) is 0.742. The van der Waals surface area contributed by atoms with Crippen molar-refractivity contribution in [2.45, 2.75) is 6.54 Å². The first-order valence-corrected chi connectivity index (χ1v) is 4.96. The number of aromatic nitrogens is 4. The molecule has 0 aliphatic heterocycles. The maximum atomic E-state index is 11.6. The summed E-state index contributed by atoms with van der Waals surface area (Å²) in [6.07, 6.45) is 3.47. The fraction of sp³-hybridized carbons (Fsp3) is 0.200. The van der Waals surface area contributed by atoms with Gasteiger partial charge >= 0.3 is 0 Å². The zero-order chi connectivity index (χ0) is 12.3. The molecule has 2 aromatic rings. The van der Waals surface area contributed by atoms with Gasteiger partial charge in [-0.2, -0.15) is 10.2 Å². The topological polar surface area (TPSA) is 92.7 Å². The number of hydrogen-bond donors (Lipinski definition) is 2. The lowest BCUT2D eigenvalue weighted by Gasteiger charge is -2.01. The maximum absolute atomic E-state index is 11.6. The molecule has 0 unspecified atom stereocenters. The summed E-state index contributed by atoms with van der Waals surface area (Å²) < 4.78 is 1.65. The van der Waals surface area contributed by atoms with E-state index in [2.05, 4.69) is 20.6 Å². The smallest absolute Gasteiger partial charge is 0.271 e. The summed E-state index contributed by atoms with van der Waals surface area (Å²) in [5.41, 5.74) is 0.729. The molecule has 0 saturated carbocycles. The Morgan fingerprint density at radius 3 is 2.94 bits per heavy atom. The predicted molar refractivity (Wildman–Crippen MR) is 59.2 cm³/mol. The lowest BCUT2D eigenvalue weighted by atomic mass is 10.3. The molecule has 0 spiro atoms. The monoisotopic (exact) mass is 233 g/mol. The Morgan fingerprint density at radius 2 is 2.35 bits per heavy atom. The molecular formula is C10H11N5O2. The van der Waals surface area contributed by atoms with E-state index in [4.69, 9.17) is 0 Å². The van der Waals surface area contributed by atoms with Crippen LogP contribution in [0.3, 0.4) is 0 Å². The van der Waals surface area contributed by atoms with Crippen molar-refractivity contribution in [3.8, 4) is 0 Å². The third kappa shape index (κ3) is 2.77. The molecule has 2 N–H and O–H groups in total. The van der Waals surface area contributed by atoms with Gasteiger partial charge in [0.1, 0.15) is 5.69 Å². The van der Waals surface area contributed by atoms with Gasteiger partial charge in [0.2, 0.25) is 0 Å². The zero-order valence-electron chi connectivity index (χ0n) is 9.17. The van der Waals surface area contributed by atoms with Crippen molar-refractivity contribution >= 4 is 5.91 Å². The number of carbonyl (C=O) groups excluding carboxylic acids is 1. The number of aromatic amines is 1. The number of carbonyl (C=O) groups is 1. The first-order chi connectivity index (χ1) is 8.15. The van der Waals surface area contributed by atoms with E-state index in [1.807, 2.05) is 0 Å². The van der Waals surface area contributed by atoms with Gasteiger partial charge in [-0.1, -0.05) is 0 Å². The minimum Gasteiger partial charge on any atom is -0.346 e. The van der Waals surface area contributed by atoms with Crippen molar-refractivity contribution in [3.63, 3.8) is 0 Å². The summed E-state index contributed by atoms with van der Waals surface area (Å²) in [6, 6.07) is 2.63. The second-order valence-corrected chi connectivity index (χ2v) is 3.51. The van der Waals surface area contributed by atoms with Crippen LogP contribution in [-0.2, 0) is 13.6 Å². The van der Waals surface area contributed by atoms with Crippen LogP contribution in [-0.4, -0.2) is 25.9 Å². The zero-order valence-corrected chi connectivity index (χ0v) is 9.17. The SMILES string of the molecule is Cn1cc(CNC(=O)c2ccc(=O)[nH]n2)cn1. The first kappa shape index (κ1) is 11.1. The van der Waals surface area contributed by atoms with Gasteiger partial charge in [0, 0.05) is 31.4 Å². The number of H-pyrrole nitrogens is 1. The molecule has 0 aliphatic rings. The van der Waals surface area contributed by atoms with Crippen LogP contribution in [0.1, 0.15) is 16.1 Å². The van der Waals surface area contributed by atoms with Crippen LogP contribution < -0.4 is 10.9 Å². The number of rotatable bonds is 3. The molecule has 88 valence electrons. The highest BCUT2D eigenvalue weighted by Gasteiger charge is 2.07. The van der Waals surface area contributed by atoms with E-state index in [1.165, 1.54) is 12.1 Å². The number of hydrogen-bond acceptors (Lipinski definition) is 4. The number of amides is 1. The Morgan fingerprint density at radius 1 is 1.53 bits per heavy atom. The standard InChI is InChI=1S/C10H11N5O2/c1-15-6-7(5-12-15)4-11-10(17)8-2-3-9(16)14-13-8/h2-3,5-6H,4H2,1H3,(H,11,17)(H,14,16). The van der Waals surface area contributed by atoms with E-state index >= 15 is 0 Å². The second-order valence-electron chi connectivity index (χ2n) is 3.51. The molecule has 1 amide bonds. The van der Waals surface area contributed by atoms with Crippen LogP contribution in [0.5, 0.6) is 0 Å². The third-order valence-corrected chi connectivity index (χ3v) is 2.12. The van der Waals surface area contributed by atoms with Gasteiger partial charge in [0.05, 0.1) is 6.20 Å². The molecule has 0 atom stereocenters. The molecule has 0 radical (unpaired) electrons. The van der Waals surface area contributed by atoms with Crippen LogP contribution in [0, 0.1) is 0 Å². The third-order valence-electron chi connectivity index (χ3n) is 2.12. The Balaban J connectivity index is 1.98. The molecule has 0 aliphatic carbocycles. The number of nitrogens with zero attached hydrogens (tertiary/aromatic N) is 3. The summed E-state index contributed by atoms with van der Waals surface area (Å²) >= 11 is 0. The molecule has 2 heterocycles. The molecule has 0 aromatic carbocycles. The lowest BCUT2D eigenvalue weighted by Crippen LogP contribution is -2.25. The van der Waals surface area contributed by atoms with E-state index in [1.54, 1.807) is 24.1 Å². The Bertz CT molecular complexity index is 566. The van der Waals surface area contributed by atoms with E-state index in [9.17, 15) is 9.59 Å². The van der Waals surface area contributed by atoms with E-state index in [0.717, 1.165) is 5.56 Å². The molecule has 7 nitrogen and oxygen atoms in total. The van der Waals surface area contributed by atoms with Gasteiger partial charge in [-0.15, -0.1) is 0 Å². The van der Waals surface area contributed by atoms with Gasteiger partial charge < -0.3 is 5.32 Å². The van der Waals surface area contributed by atoms with Gasteiger partial charge in [0.25, 0.3) is 11.5 Å². The van der Waals surface area contributed by atoms with Gasteiger partial charge in [0.15, 0.2) is 0 Å². The summed E-state index contributed by atoms with van der Waals surface area (Å²) in [4.78, 5) is 22.4. The van der Waals surface area contributed by atoms with Crippen LogP contribution in [0.15, 0.2) is 29.3 Å². The molecule has 7 heteroatoms. The highest BCUT2D eigenvalue weighted by Crippen LogP contribution is 1.96. The average Bonchev–Trinajstić information content (AvgIpc) is 2.73. The fourth-order valence-electron chi connectivity index (χ4n) is 1.31. The van der Waals surface area contributed by atoms with Crippen molar-refractivity contribution in [2.24, 2.45) is 7.05 Å². The van der Waals surface area contributed by atoms with Crippen LogP contribution in [0.2, 0.25) is 0 Å². The summed E-state index contributed by atoms with van der Waals surface area (Å²) in [6.45, 7) is 0.369. The van der Waals surface area contributed by atoms with Crippen LogP contribution in [0.4, 0.5) is 0 Å². The van der Waals surface area contributed by atoms with E-state index in [0.29, 0.717) is 6.54 Å². The molecule has 0 fully saturated rings. The summed E-state index contributed by atoms with van der Waals surface area (Å²) in [7, 11) is 1.80. The molecular weight excluding hydrogens is 222 g/mol. The van der Waals surface area contributed by atoms with Crippen molar-refractivity contribution in [2.75, 3.05) is 0 Å². The second kappa shape index (κ2) is 4.60. The highest BCUT2D eigenvalue weighted by molar-refractivity contribution is 5.91. The van der Waals surface area contributed by atoms with Gasteiger partial charge in [-0.3, -0.25) is 14.3 Å². The van der Waals surface area contributed by atoms with Crippen molar-refractivity contribution in [1.29, 1.82) is 0 Å². The van der Waals surface area contributed by atoms with Crippen molar-refractivity contribution in [3.05, 3.63) is 46.1 Å². The molecule has 0 bridgehead atoms. The van der Waals surface area contributed by atoms with Crippen molar-refractivity contribution < 1.29 is 4.79 Å². The van der Waals surface area contributed by atoms with Crippen LogP contribution >= 0.6 is 0 Å². The van der Waals surface area contributed by atoms with Crippen molar-refractivity contribution in [1.82, 2.24) is 25.3 Å². The minimum atomic E-state index is -0.342.